The van der Waals surface area contributed by atoms with Crippen LogP contribution in [0.2, 0.25) is 0 Å². The van der Waals surface area contributed by atoms with Gasteiger partial charge in [0.05, 0.1) is 22.6 Å². The van der Waals surface area contributed by atoms with Gasteiger partial charge in [-0.1, -0.05) is 54.2 Å². The molecule has 4 nitrogen and oxygen atoms in total. The SMILES string of the molecule is CC1=CC(C(/C)=C2\Nc3ccccc3S2)=C/C(=C/c2cc(C)c3ccc(=NCc4ccccc4)cc-3o2)O1. The fraction of sp³-hybridized carbons (Fsp3) is 0.121. The molecule has 0 spiro atoms. The van der Waals surface area contributed by atoms with Gasteiger partial charge in [-0.05, 0) is 85.5 Å². The summed E-state index contributed by atoms with van der Waals surface area (Å²) in [6.45, 7) is 6.86. The van der Waals surface area contributed by atoms with Gasteiger partial charge in [0.2, 0.25) is 0 Å². The Hall–Kier alpha value is -4.22. The third kappa shape index (κ3) is 5.11. The molecule has 0 atom stereocenters. The van der Waals surface area contributed by atoms with Gasteiger partial charge in [0.25, 0.3) is 0 Å². The average molecular weight is 517 g/mol. The van der Waals surface area contributed by atoms with Crippen molar-refractivity contribution in [2.24, 2.45) is 4.99 Å². The number of rotatable bonds is 4. The summed E-state index contributed by atoms with van der Waals surface area (Å²) in [6.07, 6.45) is 6.11. The van der Waals surface area contributed by atoms with E-state index >= 15 is 0 Å². The molecule has 0 bridgehead atoms. The van der Waals surface area contributed by atoms with Crippen LogP contribution in [0.5, 0.6) is 0 Å². The normalized spacial score (nSPS) is 17.6. The molecule has 0 unspecified atom stereocenters. The lowest BCUT2D eigenvalue weighted by molar-refractivity contribution is 0.320. The minimum absolute atomic E-state index is 0.634. The lowest BCUT2D eigenvalue weighted by Crippen LogP contribution is -2.04. The second-order valence-corrected chi connectivity index (χ2v) is 10.5. The first-order valence-corrected chi connectivity index (χ1v) is 13.5. The molecular weight excluding hydrogens is 488 g/mol. The zero-order valence-electron chi connectivity index (χ0n) is 21.6. The molecule has 0 fully saturated rings. The standard InChI is InChI=1S/C33H28N2O2S/c1-21-15-27(37-31-18-26(13-14-29(21)31)34-20-24-9-5-4-6-10-24)19-28-17-25(16-22(2)36-28)23(3)33-35-30-11-7-8-12-32(30)38-33/h4-19,35H,20H2,1-3H3/b28-19-,33-23+,34-26?. The van der Waals surface area contributed by atoms with E-state index in [0.717, 1.165) is 55.8 Å². The maximum absolute atomic E-state index is 6.32. The summed E-state index contributed by atoms with van der Waals surface area (Å²) >= 11 is 1.76. The van der Waals surface area contributed by atoms with Crippen LogP contribution in [0.3, 0.4) is 0 Å². The highest BCUT2D eigenvalue weighted by Gasteiger charge is 2.20. The van der Waals surface area contributed by atoms with E-state index in [0.29, 0.717) is 6.54 Å². The second kappa shape index (κ2) is 10.3. The van der Waals surface area contributed by atoms with Crippen molar-refractivity contribution in [3.05, 3.63) is 141 Å². The molecule has 38 heavy (non-hydrogen) atoms. The van der Waals surface area contributed by atoms with Crippen molar-refractivity contribution < 1.29 is 9.15 Å². The Bertz CT molecular complexity index is 1660. The van der Waals surface area contributed by atoms with E-state index in [1.807, 2.05) is 43.3 Å². The molecule has 1 aliphatic carbocycles. The monoisotopic (exact) mass is 516 g/mol. The molecule has 0 radical (unpaired) electrons. The summed E-state index contributed by atoms with van der Waals surface area (Å²) < 4.78 is 12.4. The van der Waals surface area contributed by atoms with E-state index in [1.165, 1.54) is 16.0 Å². The molecule has 0 amide bonds. The van der Waals surface area contributed by atoms with Crippen molar-refractivity contribution in [2.45, 2.75) is 32.2 Å². The fourth-order valence-corrected chi connectivity index (χ4v) is 5.64. The number of allylic oxidation sites excluding steroid dienone is 5. The third-order valence-corrected chi connectivity index (χ3v) is 7.79. The minimum Gasteiger partial charge on any atom is -0.462 e. The molecular formula is C33H28N2O2S. The van der Waals surface area contributed by atoms with Crippen LogP contribution >= 0.6 is 11.8 Å². The number of nitrogens with one attached hydrogen (secondary N) is 1. The van der Waals surface area contributed by atoms with Crippen LogP contribution in [0.25, 0.3) is 17.4 Å². The Balaban J connectivity index is 1.31. The predicted octanol–water partition coefficient (Wildman–Crippen LogP) is 8.44. The van der Waals surface area contributed by atoms with Gasteiger partial charge < -0.3 is 14.5 Å². The van der Waals surface area contributed by atoms with E-state index in [9.17, 15) is 0 Å². The topological polar surface area (TPSA) is 46.8 Å². The highest BCUT2D eigenvalue weighted by molar-refractivity contribution is 8.03. The zero-order chi connectivity index (χ0) is 26.1. The number of para-hydroxylation sites is 1. The van der Waals surface area contributed by atoms with Crippen molar-refractivity contribution in [2.75, 3.05) is 5.32 Å². The van der Waals surface area contributed by atoms with Crippen LogP contribution in [0.4, 0.5) is 5.69 Å². The van der Waals surface area contributed by atoms with Gasteiger partial charge in [-0.25, -0.2) is 0 Å². The van der Waals surface area contributed by atoms with E-state index in [-0.39, 0.29) is 0 Å². The number of hydrogen-bond acceptors (Lipinski definition) is 5. The Labute approximate surface area is 227 Å². The number of aryl methyl sites for hydroxylation is 1. The Morgan fingerprint density at radius 3 is 2.61 bits per heavy atom. The first-order chi connectivity index (χ1) is 18.5. The van der Waals surface area contributed by atoms with Gasteiger partial charge in [-0.2, -0.15) is 0 Å². The summed E-state index contributed by atoms with van der Waals surface area (Å²) in [5.74, 6) is 3.13. The maximum Gasteiger partial charge on any atom is 0.137 e. The molecule has 3 heterocycles. The number of nitrogens with zero attached hydrogens (tertiary/aromatic N) is 1. The van der Waals surface area contributed by atoms with E-state index in [1.54, 1.807) is 11.8 Å². The lowest BCUT2D eigenvalue weighted by atomic mass is 10.0. The number of benzene rings is 3. The van der Waals surface area contributed by atoms with Crippen molar-refractivity contribution >= 4 is 23.5 Å². The predicted molar refractivity (Wildman–Crippen MR) is 155 cm³/mol. The van der Waals surface area contributed by atoms with Crippen LogP contribution in [0, 0.1) is 6.92 Å². The number of ether oxygens (including phenoxy) is 1. The van der Waals surface area contributed by atoms with Gasteiger partial charge in [-0.15, -0.1) is 0 Å². The minimum atomic E-state index is 0.634. The number of fused-ring (bicyclic) bond motifs is 2. The summed E-state index contributed by atoms with van der Waals surface area (Å²) in [7, 11) is 0. The molecule has 3 aliphatic heterocycles. The highest BCUT2D eigenvalue weighted by atomic mass is 32.2. The fourth-order valence-electron chi connectivity index (χ4n) is 4.61. The van der Waals surface area contributed by atoms with Crippen LogP contribution in [-0.4, -0.2) is 0 Å². The van der Waals surface area contributed by atoms with E-state index in [2.05, 4.69) is 79.8 Å². The molecule has 4 aliphatic rings. The van der Waals surface area contributed by atoms with E-state index < -0.39 is 0 Å². The molecule has 1 N–H and O–H groups in total. The Morgan fingerprint density at radius 1 is 0.947 bits per heavy atom. The quantitative estimate of drug-likeness (QED) is 0.296. The average Bonchev–Trinajstić information content (AvgIpc) is 3.36. The largest absolute Gasteiger partial charge is 0.462 e. The first kappa shape index (κ1) is 24.1. The molecule has 6 rings (SSSR count). The first-order valence-electron chi connectivity index (χ1n) is 12.7. The molecule has 2 aromatic carbocycles. The van der Waals surface area contributed by atoms with Gasteiger partial charge >= 0.3 is 0 Å². The van der Waals surface area contributed by atoms with Crippen molar-refractivity contribution in [3.63, 3.8) is 0 Å². The number of thioether (sulfide) groups is 1. The van der Waals surface area contributed by atoms with Crippen LogP contribution in [0.15, 0.2) is 133 Å². The van der Waals surface area contributed by atoms with Crippen molar-refractivity contribution in [1.29, 1.82) is 0 Å². The van der Waals surface area contributed by atoms with Gasteiger partial charge in [0.15, 0.2) is 0 Å². The van der Waals surface area contributed by atoms with Crippen molar-refractivity contribution in [3.8, 4) is 11.3 Å². The molecule has 5 heteroatoms. The van der Waals surface area contributed by atoms with Gasteiger partial charge in [0.1, 0.15) is 23.0 Å². The van der Waals surface area contributed by atoms with Gasteiger partial charge in [0, 0.05) is 22.6 Å². The summed E-state index contributed by atoms with van der Waals surface area (Å²) in [5.41, 5.74) is 6.84. The molecule has 2 aromatic rings. The van der Waals surface area contributed by atoms with Crippen molar-refractivity contribution in [1.82, 2.24) is 0 Å². The lowest BCUT2D eigenvalue weighted by Gasteiger charge is -2.17. The van der Waals surface area contributed by atoms with Gasteiger partial charge in [-0.3, -0.25) is 4.99 Å². The highest BCUT2D eigenvalue weighted by Crippen LogP contribution is 2.43. The maximum atomic E-state index is 6.32. The Kier molecular flexibility index (Phi) is 6.52. The zero-order valence-corrected chi connectivity index (χ0v) is 22.4. The Morgan fingerprint density at radius 2 is 1.76 bits per heavy atom. The third-order valence-electron chi connectivity index (χ3n) is 6.60. The van der Waals surface area contributed by atoms with E-state index in [4.69, 9.17) is 14.1 Å². The smallest absolute Gasteiger partial charge is 0.137 e. The summed E-state index contributed by atoms with van der Waals surface area (Å²) in [4.78, 5) is 6.01. The molecule has 188 valence electrons. The summed E-state index contributed by atoms with van der Waals surface area (Å²) in [6, 6.07) is 26.8. The molecule has 0 saturated heterocycles. The van der Waals surface area contributed by atoms with Crippen LogP contribution in [-0.2, 0) is 11.3 Å². The molecule has 0 saturated carbocycles. The van der Waals surface area contributed by atoms with Crippen LogP contribution < -0.4 is 10.7 Å². The molecule has 0 aromatic heterocycles. The summed E-state index contributed by atoms with van der Waals surface area (Å²) in [5, 5.41) is 5.59. The number of hydrogen-bond donors (Lipinski definition) is 1. The van der Waals surface area contributed by atoms with Crippen LogP contribution in [0.1, 0.15) is 30.7 Å². The number of anilines is 1. The second-order valence-electron chi connectivity index (χ2n) is 9.49.